The van der Waals surface area contributed by atoms with E-state index in [9.17, 15) is 4.79 Å². The van der Waals surface area contributed by atoms with Crippen LogP contribution in [-0.4, -0.2) is 30.0 Å². The Hall–Kier alpha value is -4.67. The number of aryl methyl sites for hydroxylation is 1. The van der Waals surface area contributed by atoms with Crippen molar-refractivity contribution in [2.75, 3.05) is 13.2 Å². The van der Waals surface area contributed by atoms with Crippen molar-refractivity contribution in [2.45, 2.75) is 43.9 Å². The lowest BCUT2D eigenvalue weighted by Crippen LogP contribution is -2.41. The van der Waals surface area contributed by atoms with Crippen LogP contribution in [-0.2, 0) is 28.2 Å². The van der Waals surface area contributed by atoms with Crippen LogP contribution in [0.1, 0.15) is 47.1 Å². The normalized spacial score (nSPS) is 15.0. The zero-order chi connectivity index (χ0) is 30.0. The van der Waals surface area contributed by atoms with E-state index in [0.717, 1.165) is 47.3 Å². The number of nitrogens with zero attached hydrogens (tertiary/aromatic N) is 1. The molecule has 0 aromatic heterocycles. The van der Waals surface area contributed by atoms with E-state index in [2.05, 4.69) is 97.1 Å². The van der Waals surface area contributed by atoms with E-state index in [1.54, 1.807) is 0 Å². The van der Waals surface area contributed by atoms with Crippen LogP contribution in [0.25, 0.3) is 0 Å². The molecule has 1 saturated heterocycles. The second-order valence-corrected chi connectivity index (χ2v) is 11.4. The van der Waals surface area contributed by atoms with Gasteiger partial charge in [0.25, 0.3) is 0 Å². The van der Waals surface area contributed by atoms with Gasteiger partial charge in [-0.15, -0.1) is 0 Å². The lowest BCUT2D eigenvalue weighted by Gasteiger charge is -2.38. The van der Waals surface area contributed by atoms with Crippen LogP contribution in [0.2, 0.25) is 0 Å². The summed E-state index contributed by atoms with van der Waals surface area (Å²) >= 11 is 0. The molecule has 222 valence electrons. The Morgan fingerprint density at radius 3 is 1.70 bits per heavy atom. The zero-order valence-electron chi connectivity index (χ0n) is 25.1. The number of hydrogen-bond donors (Lipinski definition) is 0. The number of hydrogen-bond acceptors (Lipinski definition) is 3. The van der Waals surface area contributed by atoms with Crippen molar-refractivity contribution in [3.8, 4) is 5.75 Å². The molecule has 0 unspecified atom stereocenters. The molecule has 6 rings (SSSR count). The molecule has 0 saturated carbocycles. The molecule has 1 aliphatic heterocycles. The maximum absolute atomic E-state index is 13.0. The fourth-order valence-corrected chi connectivity index (χ4v) is 6.21. The van der Waals surface area contributed by atoms with Crippen LogP contribution < -0.4 is 4.74 Å². The van der Waals surface area contributed by atoms with Crippen molar-refractivity contribution in [3.05, 3.63) is 173 Å². The molecular weight excluding hydrogens is 542 g/mol. The van der Waals surface area contributed by atoms with E-state index in [4.69, 9.17) is 9.47 Å². The van der Waals surface area contributed by atoms with Gasteiger partial charge in [-0.3, -0.25) is 4.79 Å². The molecular formula is C40H39NO3. The van der Waals surface area contributed by atoms with Crippen molar-refractivity contribution in [1.82, 2.24) is 4.90 Å². The van der Waals surface area contributed by atoms with E-state index in [-0.39, 0.29) is 11.9 Å². The van der Waals surface area contributed by atoms with Crippen molar-refractivity contribution < 1.29 is 14.3 Å². The van der Waals surface area contributed by atoms with Gasteiger partial charge in [-0.25, -0.2) is 0 Å². The highest BCUT2D eigenvalue weighted by atomic mass is 16.5. The predicted octanol–water partition coefficient (Wildman–Crippen LogP) is 8.20. The van der Waals surface area contributed by atoms with Crippen molar-refractivity contribution in [3.63, 3.8) is 0 Å². The van der Waals surface area contributed by atoms with Gasteiger partial charge in [-0.1, -0.05) is 133 Å². The van der Waals surface area contributed by atoms with Gasteiger partial charge in [0, 0.05) is 13.0 Å². The molecule has 0 N–H and O–H groups in total. The Morgan fingerprint density at radius 2 is 1.16 bits per heavy atom. The highest BCUT2D eigenvalue weighted by Crippen LogP contribution is 2.41. The number of carbonyl (C=O) groups is 1. The first kappa shape index (κ1) is 29.4. The first-order valence-electron chi connectivity index (χ1n) is 15.6. The molecule has 0 aliphatic carbocycles. The van der Waals surface area contributed by atoms with E-state index in [0.29, 0.717) is 26.2 Å². The van der Waals surface area contributed by atoms with Gasteiger partial charge in [-0.2, -0.15) is 0 Å². The number of rotatable bonds is 13. The molecule has 1 amide bonds. The Balaban J connectivity index is 1.12. The maximum Gasteiger partial charge on any atom is 0.222 e. The van der Waals surface area contributed by atoms with Crippen LogP contribution in [0.15, 0.2) is 146 Å². The summed E-state index contributed by atoms with van der Waals surface area (Å²) in [6.07, 6.45) is 3.17. The van der Waals surface area contributed by atoms with Crippen LogP contribution >= 0.6 is 0 Å². The first-order chi connectivity index (χ1) is 21.7. The van der Waals surface area contributed by atoms with Crippen LogP contribution in [0, 0.1) is 0 Å². The minimum absolute atomic E-state index is 0.0341. The van der Waals surface area contributed by atoms with E-state index >= 15 is 0 Å². The molecule has 44 heavy (non-hydrogen) atoms. The van der Waals surface area contributed by atoms with Gasteiger partial charge in [0.2, 0.25) is 5.91 Å². The van der Waals surface area contributed by atoms with E-state index in [1.165, 1.54) is 5.56 Å². The van der Waals surface area contributed by atoms with Gasteiger partial charge in [0.05, 0.1) is 12.6 Å². The third-order valence-electron chi connectivity index (χ3n) is 8.52. The second-order valence-electron chi connectivity index (χ2n) is 11.4. The lowest BCUT2D eigenvalue weighted by molar-refractivity contribution is -0.130. The second kappa shape index (κ2) is 14.2. The number of carbonyl (C=O) groups excluding carboxylic acids is 1. The molecule has 4 nitrogen and oxygen atoms in total. The van der Waals surface area contributed by atoms with Gasteiger partial charge >= 0.3 is 0 Å². The summed E-state index contributed by atoms with van der Waals surface area (Å²) in [6, 6.07) is 49.8. The molecule has 1 aliphatic rings. The van der Waals surface area contributed by atoms with Crippen molar-refractivity contribution >= 4 is 5.91 Å². The molecule has 4 heteroatoms. The molecule has 5 aromatic carbocycles. The maximum atomic E-state index is 13.0. The summed E-state index contributed by atoms with van der Waals surface area (Å²) in [5.74, 6) is 1.08. The summed E-state index contributed by atoms with van der Waals surface area (Å²) in [7, 11) is 0. The highest BCUT2D eigenvalue weighted by molar-refractivity contribution is 5.78. The van der Waals surface area contributed by atoms with Gasteiger partial charge in [-0.05, 0) is 59.2 Å². The molecule has 1 fully saturated rings. The summed E-state index contributed by atoms with van der Waals surface area (Å²) in [5, 5.41) is 0. The topological polar surface area (TPSA) is 38.8 Å². The average molecular weight is 582 g/mol. The molecule has 0 spiro atoms. The Kier molecular flexibility index (Phi) is 9.49. The summed E-state index contributed by atoms with van der Waals surface area (Å²) in [4.78, 5) is 15.1. The van der Waals surface area contributed by atoms with Crippen LogP contribution in [0.4, 0.5) is 0 Å². The molecule has 1 heterocycles. The summed E-state index contributed by atoms with van der Waals surface area (Å²) < 4.78 is 13.0. The lowest BCUT2D eigenvalue weighted by atomic mass is 9.80. The standard InChI is InChI=1S/C40H39NO3/c42-39-28-25-37(41(39)29-13-16-32-23-26-38(27-24-32)43-30-33-14-5-1-6-15-33)31-44-40(34-17-7-2-8-18-34,35-19-9-3-10-20-35)36-21-11-4-12-22-36/h1-12,14-15,17-24,26-27,37H,13,16,25,28-31H2/t37-/m0/s1. The monoisotopic (exact) mass is 581 g/mol. The third kappa shape index (κ3) is 6.77. The van der Waals surface area contributed by atoms with Gasteiger partial charge in [0.15, 0.2) is 0 Å². The quantitative estimate of drug-likeness (QED) is 0.132. The number of benzene rings is 5. The van der Waals surface area contributed by atoms with Crippen molar-refractivity contribution in [1.29, 1.82) is 0 Å². The third-order valence-corrected chi connectivity index (χ3v) is 8.52. The van der Waals surface area contributed by atoms with Crippen molar-refractivity contribution in [2.24, 2.45) is 0 Å². The fourth-order valence-electron chi connectivity index (χ4n) is 6.21. The number of likely N-dealkylation sites (tertiary alicyclic amines) is 1. The number of amides is 1. The average Bonchev–Trinajstić information content (AvgIpc) is 3.45. The SMILES string of the molecule is O=C1CC[C@@H](COC(c2ccccc2)(c2ccccc2)c2ccccc2)N1CCCc1ccc(OCc2ccccc2)cc1. The summed E-state index contributed by atoms with van der Waals surface area (Å²) in [6.45, 7) is 1.73. The van der Waals surface area contributed by atoms with Gasteiger partial charge in [0.1, 0.15) is 18.0 Å². The first-order valence-corrected chi connectivity index (χ1v) is 15.6. The largest absolute Gasteiger partial charge is 0.489 e. The minimum atomic E-state index is -0.786. The Morgan fingerprint density at radius 1 is 0.636 bits per heavy atom. The predicted molar refractivity (Wildman–Crippen MR) is 175 cm³/mol. The summed E-state index contributed by atoms with van der Waals surface area (Å²) in [5.41, 5.74) is 4.83. The molecule has 0 bridgehead atoms. The highest BCUT2D eigenvalue weighted by Gasteiger charge is 2.40. The zero-order valence-corrected chi connectivity index (χ0v) is 25.1. The Bertz CT molecular complexity index is 1490. The fraction of sp³-hybridized carbons (Fsp3) is 0.225. The van der Waals surface area contributed by atoms with Crippen LogP contribution in [0.5, 0.6) is 5.75 Å². The van der Waals surface area contributed by atoms with E-state index in [1.807, 2.05) is 53.4 Å². The molecule has 5 aromatic rings. The Labute approximate surface area is 260 Å². The van der Waals surface area contributed by atoms with Crippen LogP contribution in [0.3, 0.4) is 0 Å². The number of ether oxygens (including phenoxy) is 2. The molecule has 1 atom stereocenters. The van der Waals surface area contributed by atoms with E-state index < -0.39 is 5.60 Å². The molecule has 0 radical (unpaired) electrons. The minimum Gasteiger partial charge on any atom is -0.489 e. The van der Waals surface area contributed by atoms with Gasteiger partial charge < -0.3 is 14.4 Å². The smallest absolute Gasteiger partial charge is 0.222 e.